The average molecular weight is 588 g/mol. The van der Waals surface area contributed by atoms with Crippen LogP contribution in [0.1, 0.15) is 63.0 Å². The van der Waals surface area contributed by atoms with Gasteiger partial charge < -0.3 is 15.3 Å². The second kappa shape index (κ2) is 12.2. The second-order valence-electron chi connectivity index (χ2n) is 11.9. The molecule has 10 heteroatoms. The van der Waals surface area contributed by atoms with E-state index < -0.39 is 11.9 Å². The third-order valence-electron chi connectivity index (χ3n) is 8.77. The zero-order chi connectivity index (χ0) is 29.2. The van der Waals surface area contributed by atoms with Gasteiger partial charge >= 0.3 is 12.0 Å². The summed E-state index contributed by atoms with van der Waals surface area (Å²) in [5.74, 6) is -0.979. The van der Waals surface area contributed by atoms with Crippen LogP contribution in [-0.4, -0.2) is 64.1 Å². The van der Waals surface area contributed by atoms with Crippen LogP contribution < -0.4 is 10.2 Å². The summed E-state index contributed by atoms with van der Waals surface area (Å²) in [6.07, 6.45) is 8.69. The monoisotopic (exact) mass is 587 g/mol. The van der Waals surface area contributed by atoms with Gasteiger partial charge in [0.1, 0.15) is 0 Å². The summed E-state index contributed by atoms with van der Waals surface area (Å²) in [6.45, 7) is 1.19. The number of thiazole rings is 1. The number of anilines is 1. The number of pyridine rings is 1. The van der Waals surface area contributed by atoms with E-state index in [2.05, 4.69) is 11.4 Å². The molecule has 220 valence electrons. The molecule has 0 radical (unpaired) electrons. The van der Waals surface area contributed by atoms with Crippen LogP contribution >= 0.6 is 11.3 Å². The van der Waals surface area contributed by atoms with Crippen LogP contribution in [0, 0.1) is 11.8 Å². The molecule has 2 saturated carbocycles. The van der Waals surface area contributed by atoms with Crippen molar-refractivity contribution in [2.24, 2.45) is 11.8 Å². The van der Waals surface area contributed by atoms with Crippen LogP contribution in [0.5, 0.6) is 0 Å². The molecule has 2 aliphatic carbocycles. The highest BCUT2D eigenvalue weighted by Gasteiger charge is 2.40. The number of carbonyl (C=O) groups is 3. The topological polar surface area (TPSA) is 116 Å². The van der Waals surface area contributed by atoms with E-state index >= 15 is 0 Å². The number of amides is 3. The van der Waals surface area contributed by atoms with Gasteiger partial charge in [0.25, 0.3) is 0 Å². The van der Waals surface area contributed by atoms with Crippen molar-refractivity contribution in [2.45, 2.75) is 63.3 Å². The number of likely N-dealkylation sites (N-methyl/N-ethyl adjacent to an activating group) is 1. The summed E-state index contributed by atoms with van der Waals surface area (Å²) < 4.78 is 0. The minimum atomic E-state index is -0.921. The first-order valence-electron chi connectivity index (χ1n) is 14.9. The Morgan fingerprint density at radius 3 is 2.55 bits per heavy atom. The van der Waals surface area contributed by atoms with Crippen molar-refractivity contribution in [3.05, 3.63) is 53.7 Å². The maximum atomic E-state index is 13.9. The number of benzene rings is 1. The Balaban J connectivity index is 1.24. The standard InChI is InChI=1S/C32H37N5O4S/c1-36-18-23(17-34-31(36)41)27-13-10-21(16-33-27)25-8-4-5-9-26(25)28-19-42-32(35-28)37(24-11-12-24)30(40)22(15-29(38)39)14-20-6-2-3-7-20/h4-5,8-10,13,16,19-20,22-24H,2-3,6-7,11-12,14-15,17-18H2,1H3,(H,34,41)(H,38,39)/t22-,23?/m1/s1. The number of nitrogens with zero attached hydrogens (tertiary/aromatic N) is 4. The Bertz CT molecular complexity index is 1450. The number of aromatic nitrogens is 2. The number of carboxylic acids is 1. The first-order valence-corrected chi connectivity index (χ1v) is 15.8. The van der Waals surface area contributed by atoms with Crippen LogP contribution in [0.25, 0.3) is 22.4 Å². The summed E-state index contributed by atoms with van der Waals surface area (Å²) >= 11 is 1.45. The fraction of sp³-hybridized carbons (Fsp3) is 0.469. The third-order valence-corrected chi connectivity index (χ3v) is 9.61. The van der Waals surface area contributed by atoms with Gasteiger partial charge in [0.05, 0.1) is 12.1 Å². The highest BCUT2D eigenvalue weighted by atomic mass is 32.1. The maximum Gasteiger partial charge on any atom is 0.317 e. The fourth-order valence-corrected chi connectivity index (χ4v) is 7.28. The van der Waals surface area contributed by atoms with E-state index in [1.54, 1.807) is 16.8 Å². The summed E-state index contributed by atoms with van der Waals surface area (Å²) in [6, 6.07) is 12.2. The lowest BCUT2D eigenvalue weighted by atomic mass is 9.90. The first-order chi connectivity index (χ1) is 20.4. The van der Waals surface area contributed by atoms with Crippen LogP contribution in [0.15, 0.2) is 48.0 Å². The van der Waals surface area contributed by atoms with Gasteiger partial charge in [0.15, 0.2) is 5.13 Å². The molecule has 3 amide bonds. The number of hydrogen-bond donors (Lipinski definition) is 2. The van der Waals surface area contributed by atoms with Gasteiger partial charge in [-0.05, 0) is 36.8 Å². The highest BCUT2D eigenvalue weighted by Crippen LogP contribution is 2.40. The zero-order valence-electron chi connectivity index (χ0n) is 23.9. The van der Waals surface area contributed by atoms with Gasteiger partial charge in [-0.15, -0.1) is 11.3 Å². The minimum absolute atomic E-state index is 0.0624. The van der Waals surface area contributed by atoms with E-state index in [0.29, 0.717) is 30.6 Å². The lowest BCUT2D eigenvalue weighted by Gasteiger charge is -2.30. The predicted molar refractivity (Wildman–Crippen MR) is 162 cm³/mol. The first kappa shape index (κ1) is 28.3. The number of aliphatic carboxylic acids is 1. The van der Waals surface area contributed by atoms with Gasteiger partial charge in [-0.1, -0.05) is 56.0 Å². The van der Waals surface area contributed by atoms with Crippen molar-refractivity contribution in [1.29, 1.82) is 0 Å². The number of carboxylic acid groups (broad SMARTS) is 1. The molecule has 9 nitrogen and oxygen atoms in total. The number of carbonyl (C=O) groups excluding carboxylic acids is 2. The van der Waals surface area contributed by atoms with Crippen molar-refractivity contribution < 1.29 is 19.5 Å². The summed E-state index contributed by atoms with van der Waals surface area (Å²) in [4.78, 5) is 50.6. The zero-order valence-corrected chi connectivity index (χ0v) is 24.7. The average Bonchev–Trinajstić information content (AvgIpc) is 3.46. The molecule has 1 unspecified atom stereocenters. The van der Waals surface area contributed by atoms with Crippen LogP contribution in [0.2, 0.25) is 0 Å². The van der Waals surface area contributed by atoms with Gasteiger partial charge in [-0.3, -0.25) is 19.5 Å². The van der Waals surface area contributed by atoms with Crippen LogP contribution in [-0.2, 0) is 9.59 Å². The SMILES string of the molecule is CN1CC(c2ccc(-c3ccccc3-c3csc(N(C(=O)[C@@H](CC(=O)O)CC4CCCC4)C4CC4)n3)cn2)CNC1=O. The van der Waals surface area contributed by atoms with Gasteiger partial charge in [-0.25, -0.2) is 9.78 Å². The lowest BCUT2D eigenvalue weighted by molar-refractivity contribution is -0.141. The van der Waals surface area contributed by atoms with Crippen LogP contribution in [0.4, 0.5) is 9.93 Å². The molecule has 6 rings (SSSR count). The van der Waals surface area contributed by atoms with Crippen molar-refractivity contribution in [2.75, 3.05) is 25.0 Å². The smallest absolute Gasteiger partial charge is 0.317 e. The molecule has 1 aliphatic heterocycles. The Hall–Kier alpha value is -3.79. The van der Waals surface area contributed by atoms with E-state index in [0.717, 1.165) is 66.6 Å². The molecule has 0 bridgehead atoms. The Kier molecular flexibility index (Phi) is 8.24. The Morgan fingerprint density at radius 1 is 1.12 bits per heavy atom. The molecule has 2 atom stereocenters. The Labute approximate surface area is 250 Å². The fourth-order valence-electron chi connectivity index (χ4n) is 6.38. The molecule has 0 spiro atoms. The van der Waals surface area contributed by atoms with Crippen molar-refractivity contribution in [3.8, 4) is 22.4 Å². The summed E-state index contributed by atoms with van der Waals surface area (Å²) in [5.41, 5.74) is 4.64. The number of rotatable bonds is 10. The summed E-state index contributed by atoms with van der Waals surface area (Å²) in [5, 5.41) is 15.1. The quantitative estimate of drug-likeness (QED) is 0.311. The maximum absolute atomic E-state index is 13.9. The predicted octanol–water partition coefficient (Wildman–Crippen LogP) is 5.78. The van der Waals surface area contributed by atoms with Crippen LogP contribution in [0.3, 0.4) is 0 Å². The lowest BCUT2D eigenvalue weighted by Crippen LogP contribution is -2.48. The number of urea groups is 1. The molecule has 3 heterocycles. The molecule has 1 saturated heterocycles. The van der Waals surface area contributed by atoms with Crippen molar-refractivity contribution in [3.63, 3.8) is 0 Å². The normalized spacial score (nSPS) is 19.9. The third kappa shape index (κ3) is 6.18. The Morgan fingerprint density at radius 2 is 1.88 bits per heavy atom. The molecule has 2 aromatic heterocycles. The van der Waals surface area contributed by atoms with Gasteiger partial charge in [0.2, 0.25) is 5.91 Å². The summed E-state index contributed by atoms with van der Waals surface area (Å²) in [7, 11) is 1.79. The van der Waals surface area contributed by atoms with E-state index in [1.165, 1.54) is 11.3 Å². The largest absolute Gasteiger partial charge is 0.481 e. The van der Waals surface area contributed by atoms with E-state index in [4.69, 9.17) is 9.97 Å². The van der Waals surface area contributed by atoms with Gasteiger partial charge in [0, 0.05) is 66.4 Å². The van der Waals surface area contributed by atoms with E-state index in [1.807, 2.05) is 41.9 Å². The molecule has 3 aromatic rings. The molecule has 1 aromatic carbocycles. The molecule has 2 N–H and O–H groups in total. The number of nitrogens with one attached hydrogen (secondary N) is 1. The second-order valence-corrected chi connectivity index (χ2v) is 12.8. The van der Waals surface area contributed by atoms with Crippen molar-refractivity contribution >= 4 is 34.4 Å². The minimum Gasteiger partial charge on any atom is -0.481 e. The number of hydrogen-bond acceptors (Lipinski definition) is 6. The highest BCUT2D eigenvalue weighted by molar-refractivity contribution is 7.14. The molecular weight excluding hydrogens is 550 g/mol. The molecular formula is C32H37N5O4S. The van der Waals surface area contributed by atoms with Gasteiger partial charge in [-0.2, -0.15) is 0 Å². The van der Waals surface area contributed by atoms with E-state index in [-0.39, 0.29) is 30.3 Å². The van der Waals surface area contributed by atoms with E-state index in [9.17, 15) is 19.5 Å². The molecule has 42 heavy (non-hydrogen) atoms. The molecule has 3 fully saturated rings. The molecule has 3 aliphatic rings. The van der Waals surface area contributed by atoms with Crippen molar-refractivity contribution in [1.82, 2.24) is 20.2 Å².